The van der Waals surface area contributed by atoms with E-state index in [1.165, 1.54) is 16.7 Å². The predicted octanol–water partition coefficient (Wildman–Crippen LogP) is 5.58. The van der Waals surface area contributed by atoms with E-state index in [2.05, 4.69) is 15.9 Å². The van der Waals surface area contributed by atoms with Crippen molar-refractivity contribution in [3.05, 3.63) is 63.0 Å². The zero-order chi connectivity index (χ0) is 23.8. The van der Waals surface area contributed by atoms with Gasteiger partial charge in [0, 0.05) is 17.4 Å². The molecule has 0 aliphatic carbocycles. The van der Waals surface area contributed by atoms with Crippen molar-refractivity contribution in [2.24, 2.45) is 0 Å². The van der Waals surface area contributed by atoms with Crippen molar-refractivity contribution >= 4 is 62.2 Å². The molecule has 1 aliphatic rings. The lowest BCUT2D eigenvalue weighted by atomic mass is 10.1. The lowest BCUT2D eigenvalue weighted by Crippen LogP contribution is -2.29. The number of hydrogen-bond acceptors (Lipinski definition) is 7. The van der Waals surface area contributed by atoms with Crippen LogP contribution in [0.1, 0.15) is 30.9 Å². The molecule has 1 fully saturated rings. The fourth-order valence-corrected chi connectivity index (χ4v) is 4.90. The first-order chi connectivity index (χ1) is 15.9. The van der Waals surface area contributed by atoms with Gasteiger partial charge in [-0.2, -0.15) is 0 Å². The number of methoxy groups -OCH3 is 1. The third-order valence-electron chi connectivity index (χ3n) is 4.71. The first-order valence-corrected chi connectivity index (χ1v) is 12.4. The van der Waals surface area contributed by atoms with Gasteiger partial charge >= 0.3 is 5.97 Å². The molecule has 33 heavy (non-hydrogen) atoms. The first kappa shape index (κ1) is 25.3. The normalized spacial score (nSPS) is 14.6. The summed E-state index contributed by atoms with van der Waals surface area (Å²) in [6.07, 6.45) is 2.53. The second-order valence-corrected chi connectivity index (χ2v) is 9.66. The number of carbonyl (C=O) groups is 2. The first-order valence-electron chi connectivity index (χ1n) is 10.4. The summed E-state index contributed by atoms with van der Waals surface area (Å²) in [5, 5.41) is 0. The van der Waals surface area contributed by atoms with Crippen molar-refractivity contribution in [2.45, 2.75) is 26.4 Å². The molecule has 174 valence electrons. The molecule has 0 radical (unpaired) electrons. The largest absolute Gasteiger partial charge is 0.493 e. The minimum atomic E-state index is -0.271. The van der Waals surface area contributed by atoms with Crippen molar-refractivity contribution in [1.82, 2.24) is 4.90 Å². The summed E-state index contributed by atoms with van der Waals surface area (Å²) in [7, 11) is 1.58. The van der Waals surface area contributed by atoms with Gasteiger partial charge in [-0.3, -0.25) is 14.5 Å². The highest BCUT2D eigenvalue weighted by Gasteiger charge is 2.31. The van der Waals surface area contributed by atoms with E-state index in [1.54, 1.807) is 20.1 Å². The van der Waals surface area contributed by atoms with Gasteiger partial charge in [-0.15, -0.1) is 0 Å². The number of benzene rings is 2. The van der Waals surface area contributed by atoms with Crippen LogP contribution in [0, 0.1) is 0 Å². The van der Waals surface area contributed by atoms with Crippen molar-refractivity contribution in [2.75, 3.05) is 20.3 Å². The van der Waals surface area contributed by atoms with E-state index in [4.69, 9.17) is 26.4 Å². The number of ether oxygens (including phenoxy) is 3. The molecule has 0 bridgehead atoms. The monoisotopic (exact) mass is 549 g/mol. The van der Waals surface area contributed by atoms with Gasteiger partial charge in [0.05, 0.1) is 18.6 Å². The average molecular weight is 550 g/mol. The summed E-state index contributed by atoms with van der Waals surface area (Å²) in [6, 6.07) is 13.4. The molecule has 1 saturated heterocycles. The molecular formula is C24H24BrNO5S2. The summed E-state index contributed by atoms with van der Waals surface area (Å²) < 4.78 is 17.8. The Morgan fingerprint density at radius 1 is 1.21 bits per heavy atom. The lowest BCUT2D eigenvalue weighted by molar-refractivity contribution is -0.143. The second-order valence-electron chi connectivity index (χ2n) is 7.07. The molecule has 0 aromatic heterocycles. The zero-order valence-corrected chi connectivity index (χ0v) is 21.6. The highest BCUT2D eigenvalue weighted by Crippen LogP contribution is 2.35. The number of hydrogen-bond donors (Lipinski definition) is 0. The van der Waals surface area contributed by atoms with E-state index < -0.39 is 0 Å². The standard InChI is InChI=1S/C24H24BrNO5S2/c1-3-30-22(27)8-5-11-26-23(28)21(33-24(26)32)14-16-9-10-19(20(13-16)29-2)31-15-17-6-4-7-18(25)12-17/h4,6-7,9-10,12-14H,3,5,8,11,15H2,1-2H3/b21-14+. The van der Waals surface area contributed by atoms with E-state index in [1.807, 2.05) is 42.5 Å². The van der Waals surface area contributed by atoms with Crippen LogP contribution in [0.4, 0.5) is 0 Å². The Labute approximate surface area is 211 Å². The second kappa shape index (κ2) is 12.2. The summed E-state index contributed by atoms with van der Waals surface area (Å²) in [5.41, 5.74) is 1.83. The maximum atomic E-state index is 12.8. The van der Waals surface area contributed by atoms with Crippen molar-refractivity contribution < 1.29 is 23.8 Å². The van der Waals surface area contributed by atoms with Gasteiger partial charge < -0.3 is 14.2 Å². The van der Waals surface area contributed by atoms with E-state index in [0.717, 1.165) is 15.6 Å². The van der Waals surface area contributed by atoms with Crippen LogP contribution >= 0.6 is 39.9 Å². The Hall–Kier alpha value is -2.36. The van der Waals surface area contributed by atoms with Gasteiger partial charge in [-0.1, -0.05) is 58.1 Å². The maximum Gasteiger partial charge on any atom is 0.305 e. The predicted molar refractivity (Wildman–Crippen MR) is 137 cm³/mol. The maximum absolute atomic E-state index is 12.8. The van der Waals surface area contributed by atoms with E-state index in [-0.39, 0.29) is 18.3 Å². The van der Waals surface area contributed by atoms with E-state index >= 15 is 0 Å². The molecule has 0 unspecified atom stereocenters. The zero-order valence-electron chi connectivity index (χ0n) is 18.3. The molecule has 1 aliphatic heterocycles. The van der Waals surface area contributed by atoms with Crippen LogP contribution in [0.5, 0.6) is 11.5 Å². The third kappa shape index (κ3) is 7.06. The summed E-state index contributed by atoms with van der Waals surface area (Å²) >= 11 is 10.1. The highest BCUT2D eigenvalue weighted by molar-refractivity contribution is 9.10. The lowest BCUT2D eigenvalue weighted by Gasteiger charge is -2.13. The van der Waals surface area contributed by atoms with Gasteiger partial charge in [-0.05, 0) is 54.8 Å². The van der Waals surface area contributed by atoms with Crippen LogP contribution in [0.15, 0.2) is 51.8 Å². The molecule has 2 aromatic rings. The number of amides is 1. The fraction of sp³-hybridized carbons (Fsp3) is 0.292. The number of rotatable bonds is 10. The Bertz CT molecular complexity index is 1070. The summed E-state index contributed by atoms with van der Waals surface area (Å²) in [6.45, 7) is 2.90. The van der Waals surface area contributed by atoms with Crippen LogP contribution < -0.4 is 9.47 Å². The molecule has 0 N–H and O–H groups in total. The Morgan fingerprint density at radius 3 is 2.76 bits per heavy atom. The van der Waals surface area contributed by atoms with Crippen LogP contribution in [0.3, 0.4) is 0 Å². The van der Waals surface area contributed by atoms with Crippen LogP contribution in [-0.2, 0) is 20.9 Å². The molecule has 0 atom stereocenters. The molecule has 0 saturated carbocycles. The van der Waals surface area contributed by atoms with Crippen molar-refractivity contribution in [3.8, 4) is 11.5 Å². The minimum Gasteiger partial charge on any atom is -0.493 e. The number of thiocarbonyl (C=S) groups is 1. The van der Waals surface area contributed by atoms with E-state index in [0.29, 0.717) is 46.9 Å². The third-order valence-corrected chi connectivity index (χ3v) is 6.58. The molecule has 6 nitrogen and oxygen atoms in total. The Kier molecular flexibility index (Phi) is 9.34. The number of nitrogens with zero attached hydrogens (tertiary/aromatic N) is 1. The molecule has 0 spiro atoms. The van der Waals surface area contributed by atoms with Gasteiger partial charge in [0.2, 0.25) is 0 Å². The quantitative estimate of drug-likeness (QED) is 0.217. The Morgan fingerprint density at radius 2 is 2.03 bits per heavy atom. The SMILES string of the molecule is CCOC(=O)CCCN1C(=O)/C(=C\c2ccc(OCc3cccc(Br)c3)c(OC)c2)SC1=S. The van der Waals surface area contributed by atoms with E-state index in [9.17, 15) is 9.59 Å². The average Bonchev–Trinajstić information content (AvgIpc) is 3.05. The fourth-order valence-electron chi connectivity index (χ4n) is 3.14. The highest BCUT2D eigenvalue weighted by atomic mass is 79.9. The molecule has 1 amide bonds. The molecule has 9 heteroatoms. The molecular weight excluding hydrogens is 526 g/mol. The van der Waals surface area contributed by atoms with Gasteiger partial charge in [0.15, 0.2) is 11.5 Å². The smallest absolute Gasteiger partial charge is 0.305 e. The molecule has 1 heterocycles. The molecule has 2 aromatic carbocycles. The van der Waals surface area contributed by atoms with Crippen LogP contribution in [0.2, 0.25) is 0 Å². The molecule has 3 rings (SSSR count). The van der Waals surface area contributed by atoms with Crippen molar-refractivity contribution in [3.63, 3.8) is 0 Å². The number of thioether (sulfide) groups is 1. The number of carbonyl (C=O) groups excluding carboxylic acids is 2. The van der Waals surface area contributed by atoms with Gasteiger partial charge in [0.25, 0.3) is 5.91 Å². The summed E-state index contributed by atoms with van der Waals surface area (Å²) in [5.74, 6) is 0.750. The van der Waals surface area contributed by atoms with Gasteiger partial charge in [-0.25, -0.2) is 0 Å². The van der Waals surface area contributed by atoms with Crippen LogP contribution in [0.25, 0.3) is 6.08 Å². The van der Waals surface area contributed by atoms with Gasteiger partial charge in [0.1, 0.15) is 10.9 Å². The Balaban J connectivity index is 1.65. The number of esters is 1. The minimum absolute atomic E-state index is 0.164. The summed E-state index contributed by atoms with van der Waals surface area (Å²) in [4.78, 5) is 26.4. The van der Waals surface area contributed by atoms with Crippen LogP contribution in [-0.4, -0.2) is 41.4 Å². The number of halogens is 1. The van der Waals surface area contributed by atoms with Crippen molar-refractivity contribution in [1.29, 1.82) is 0 Å². The topological polar surface area (TPSA) is 65.1 Å².